The maximum Gasteiger partial charge on any atom is 0.0581 e. The number of rotatable bonds is 7. The van der Waals surface area contributed by atoms with Crippen molar-refractivity contribution < 1.29 is 5.11 Å². The topological polar surface area (TPSA) is 44.3 Å². The van der Waals surface area contributed by atoms with Gasteiger partial charge in [-0.1, -0.05) is 6.08 Å². The minimum atomic E-state index is 0.195. The summed E-state index contributed by atoms with van der Waals surface area (Å²) in [6, 6.07) is 0.195. The first-order valence-corrected chi connectivity index (χ1v) is 3.97. The second-order valence-electron chi connectivity index (χ2n) is 2.53. The van der Waals surface area contributed by atoms with Crippen LogP contribution in [0.4, 0.5) is 0 Å². The third kappa shape index (κ3) is 7.52. The summed E-state index contributed by atoms with van der Waals surface area (Å²) in [6.45, 7) is 8.37. The summed E-state index contributed by atoms with van der Waals surface area (Å²) in [6.07, 6.45) is 1.83. The smallest absolute Gasteiger partial charge is 0.0581 e. The molecule has 0 heterocycles. The molecular weight excluding hydrogens is 140 g/mol. The van der Waals surface area contributed by atoms with E-state index < -0.39 is 0 Å². The van der Waals surface area contributed by atoms with Crippen LogP contribution in [-0.4, -0.2) is 37.4 Å². The Morgan fingerprint density at radius 1 is 1.55 bits per heavy atom. The van der Waals surface area contributed by atoms with E-state index in [0.717, 1.165) is 19.6 Å². The lowest BCUT2D eigenvalue weighted by atomic mass is 10.3. The molecule has 0 saturated carbocycles. The fraction of sp³-hybridized carbons (Fsp3) is 0.750. The molecule has 0 radical (unpaired) electrons. The maximum absolute atomic E-state index is 8.64. The van der Waals surface area contributed by atoms with Gasteiger partial charge in [0, 0.05) is 25.7 Å². The van der Waals surface area contributed by atoms with Crippen LogP contribution in [-0.2, 0) is 0 Å². The molecule has 1 unspecified atom stereocenters. The van der Waals surface area contributed by atoms with Crippen LogP contribution in [0.2, 0.25) is 0 Å². The third-order valence-corrected chi connectivity index (χ3v) is 1.36. The summed E-state index contributed by atoms with van der Waals surface area (Å²) in [5.74, 6) is 0. The number of aliphatic hydroxyl groups is 1. The molecule has 0 spiro atoms. The molecule has 0 aliphatic carbocycles. The predicted octanol–water partition coefficient (Wildman–Crippen LogP) is -0.268. The van der Waals surface area contributed by atoms with Gasteiger partial charge < -0.3 is 15.7 Å². The first-order chi connectivity index (χ1) is 5.31. The highest BCUT2D eigenvalue weighted by molar-refractivity contribution is 4.70. The Balaban J connectivity index is 2.95. The average Bonchev–Trinajstić information content (AvgIpc) is 2.04. The normalized spacial score (nSPS) is 12.9. The highest BCUT2D eigenvalue weighted by atomic mass is 16.3. The fourth-order valence-corrected chi connectivity index (χ4v) is 0.676. The molecule has 0 bridgehead atoms. The summed E-state index contributed by atoms with van der Waals surface area (Å²) in [4.78, 5) is 0. The van der Waals surface area contributed by atoms with Gasteiger partial charge in [0.2, 0.25) is 0 Å². The van der Waals surface area contributed by atoms with Gasteiger partial charge in [-0.05, 0) is 6.92 Å². The molecule has 66 valence electrons. The molecule has 3 N–H and O–H groups in total. The SMILES string of the molecule is C=CCNCCNC(C)CO. The zero-order valence-corrected chi connectivity index (χ0v) is 7.14. The number of hydrogen-bond donors (Lipinski definition) is 3. The lowest BCUT2D eigenvalue weighted by Gasteiger charge is -2.09. The van der Waals surface area contributed by atoms with Crippen LogP contribution in [0.15, 0.2) is 12.7 Å². The highest BCUT2D eigenvalue weighted by Crippen LogP contribution is 1.74. The lowest BCUT2D eigenvalue weighted by Crippen LogP contribution is -2.35. The molecule has 0 saturated heterocycles. The largest absolute Gasteiger partial charge is 0.395 e. The number of hydrogen-bond acceptors (Lipinski definition) is 3. The van der Waals surface area contributed by atoms with Gasteiger partial charge in [-0.25, -0.2) is 0 Å². The summed E-state index contributed by atoms with van der Waals surface area (Å²) >= 11 is 0. The van der Waals surface area contributed by atoms with E-state index in [-0.39, 0.29) is 12.6 Å². The van der Waals surface area contributed by atoms with Crippen molar-refractivity contribution in [1.82, 2.24) is 10.6 Å². The van der Waals surface area contributed by atoms with Crippen LogP contribution in [0.3, 0.4) is 0 Å². The van der Waals surface area contributed by atoms with Crippen LogP contribution in [0.5, 0.6) is 0 Å². The van der Waals surface area contributed by atoms with Crippen molar-refractivity contribution in [1.29, 1.82) is 0 Å². The molecule has 0 aliphatic rings. The Morgan fingerprint density at radius 2 is 2.27 bits per heavy atom. The van der Waals surface area contributed by atoms with Crippen molar-refractivity contribution in [3.8, 4) is 0 Å². The quantitative estimate of drug-likeness (QED) is 0.353. The minimum Gasteiger partial charge on any atom is -0.395 e. The van der Waals surface area contributed by atoms with Gasteiger partial charge in [-0.15, -0.1) is 6.58 Å². The van der Waals surface area contributed by atoms with Gasteiger partial charge in [0.25, 0.3) is 0 Å². The Labute approximate surface area is 68.5 Å². The average molecular weight is 158 g/mol. The van der Waals surface area contributed by atoms with E-state index in [2.05, 4.69) is 17.2 Å². The third-order valence-electron chi connectivity index (χ3n) is 1.36. The Kier molecular flexibility index (Phi) is 7.46. The van der Waals surface area contributed by atoms with Gasteiger partial charge in [-0.2, -0.15) is 0 Å². The van der Waals surface area contributed by atoms with E-state index >= 15 is 0 Å². The Hall–Kier alpha value is -0.380. The standard InChI is InChI=1S/C8H18N2O/c1-3-4-9-5-6-10-8(2)7-11/h3,8-11H,1,4-7H2,2H3. The molecule has 0 aromatic rings. The summed E-state index contributed by atoms with van der Waals surface area (Å²) in [5, 5.41) is 14.9. The molecule has 11 heavy (non-hydrogen) atoms. The monoisotopic (exact) mass is 158 g/mol. The van der Waals surface area contributed by atoms with Crippen LogP contribution < -0.4 is 10.6 Å². The van der Waals surface area contributed by atoms with Crippen molar-refractivity contribution in [3.05, 3.63) is 12.7 Å². The second kappa shape index (κ2) is 7.72. The maximum atomic E-state index is 8.64. The summed E-state index contributed by atoms with van der Waals surface area (Å²) in [5.41, 5.74) is 0. The molecule has 0 aromatic heterocycles. The van der Waals surface area contributed by atoms with Gasteiger partial charge in [0.1, 0.15) is 0 Å². The number of aliphatic hydroxyl groups excluding tert-OH is 1. The van der Waals surface area contributed by atoms with E-state index in [9.17, 15) is 0 Å². The first kappa shape index (κ1) is 10.6. The molecular formula is C8H18N2O. The van der Waals surface area contributed by atoms with E-state index in [1.807, 2.05) is 13.0 Å². The van der Waals surface area contributed by atoms with E-state index in [1.54, 1.807) is 0 Å². The Morgan fingerprint density at radius 3 is 2.82 bits per heavy atom. The van der Waals surface area contributed by atoms with E-state index in [0.29, 0.717) is 0 Å². The molecule has 3 heteroatoms. The molecule has 3 nitrogen and oxygen atoms in total. The van der Waals surface area contributed by atoms with Crippen LogP contribution in [0.1, 0.15) is 6.92 Å². The molecule has 0 aromatic carbocycles. The molecule has 0 amide bonds. The van der Waals surface area contributed by atoms with Crippen molar-refractivity contribution in [3.63, 3.8) is 0 Å². The zero-order chi connectivity index (χ0) is 8.53. The molecule has 1 atom stereocenters. The molecule has 0 rings (SSSR count). The minimum absolute atomic E-state index is 0.195. The highest BCUT2D eigenvalue weighted by Gasteiger charge is 1.95. The van der Waals surface area contributed by atoms with Gasteiger partial charge >= 0.3 is 0 Å². The second-order valence-corrected chi connectivity index (χ2v) is 2.53. The van der Waals surface area contributed by atoms with Crippen LogP contribution >= 0.6 is 0 Å². The predicted molar refractivity (Wildman–Crippen MR) is 47.6 cm³/mol. The van der Waals surface area contributed by atoms with Crippen LogP contribution in [0.25, 0.3) is 0 Å². The molecule has 0 fully saturated rings. The van der Waals surface area contributed by atoms with Crippen molar-refractivity contribution in [2.75, 3.05) is 26.2 Å². The first-order valence-electron chi connectivity index (χ1n) is 3.97. The summed E-state index contributed by atoms with van der Waals surface area (Å²) in [7, 11) is 0. The van der Waals surface area contributed by atoms with Crippen molar-refractivity contribution in [2.45, 2.75) is 13.0 Å². The zero-order valence-electron chi connectivity index (χ0n) is 7.14. The fourth-order valence-electron chi connectivity index (χ4n) is 0.676. The van der Waals surface area contributed by atoms with Gasteiger partial charge in [-0.3, -0.25) is 0 Å². The van der Waals surface area contributed by atoms with E-state index in [4.69, 9.17) is 5.11 Å². The summed E-state index contributed by atoms with van der Waals surface area (Å²) < 4.78 is 0. The Bertz CT molecular complexity index is 96.1. The van der Waals surface area contributed by atoms with E-state index in [1.165, 1.54) is 0 Å². The van der Waals surface area contributed by atoms with Crippen LogP contribution in [0, 0.1) is 0 Å². The van der Waals surface area contributed by atoms with Crippen molar-refractivity contribution in [2.24, 2.45) is 0 Å². The van der Waals surface area contributed by atoms with Gasteiger partial charge in [0.05, 0.1) is 6.61 Å². The van der Waals surface area contributed by atoms with Gasteiger partial charge in [0.15, 0.2) is 0 Å². The van der Waals surface area contributed by atoms with Crippen molar-refractivity contribution >= 4 is 0 Å². The molecule has 0 aliphatic heterocycles. The lowest BCUT2D eigenvalue weighted by molar-refractivity contribution is 0.252. The number of nitrogens with one attached hydrogen (secondary N) is 2.